The number of morpholine rings is 1. The highest BCUT2D eigenvalue weighted by Gasteiger charge is 2.11. The molecule has 1 aliphatic rings. The fourth-order valence-corrected chi connectivity index (χ4v) is 3.14. The number of rotatable bonds is 7. The molecule has 3 rings (SSSR count). The van der Waals surface area contributed by atoms with E-state index in [0.717, 1.165) is 62.8 Å². The average molecular weight is 330 g/mol. The molecule has 0 bridgehead atoms. The van der Waals surface area contributed by atoms with E-state index in [4.69, 9.17) is 4.74 Å². The Morgan fingerprint density at radius 2 is 2.17 bits per heavy atom. The molecule has 0 radical (unpaired) electrons. The summed E-state index contributed by atoms with van der Waals surface area (Å²) in [6.45, 7) is 7.42. The Hall–Kier alpha value is -1.92. The van der Waals surface area contributed by atoms with Crippen molar-refractivity contribution in [2.75, 3.05) is 39.4 Å². The van der Waals surface area contributed by atoms with Gasteiger partial charge >= 0.3 is 0 Å². The molecule has 130 valence electrons. The summed E-state index contributed by atoms with van der Waals surface area (Å²) in [7, 11) is 0. The zero-order valence-corrected chi connectivity index (χ0v) is 14.3. The van der Waals surface area contributed by atoms with E-state index in [9.17, 15) is 4.79 Å². The Bertz CT molecular complexity index is 677. The summed E-state index contributed by atoms with van der Waals surface area (Å²) < 4.78 is 7.40. The minimum absolute atomic E-state index is 0.113. The van der Waals surface area contributed by atoms with Crippen molar-refractivity contribution in [2.45, 2.75) is 26.2 Å². The van der Waals surface area contributed by atoms with Crippen LogP contribution in [0.4, 0.5) is 0 Å². The van der Waals surface area contributed by atoms with Gasteiger partial charge in [-0.2, -0.15) is 0 Å². The Labute approximate surface area is 142 Å². The van der Waals surface area contributed by atoms with E-state index < -0.39 is 0 Å². The van der Waals surface area contributed by atoms with Crippen LogP contribution >= 0.6 is 0 Å². The van der Waals surface area contributed by atoms with Crippen molar-refractivity contribution in [3.63, 3.8) is 0 Å². The van der Waals surface area contributed by atoms with Gasteiger partial charge in [0.05, 0.1) is 18.9 Å². The van der Waals surface area contributed by atoms with Gasteiger partial charge in [0.25, 0.3) is 0 Å². The number of amides is 1. The van der Waals surface area contributed by atoms with Crippen LogP contribution in [-0.2, 0) is 16.0 Å². The molecule has 0 unspecified atom stereocenters. The summed E-state index contributed by atoms with van der Waals surface area (Å²) >= 11 is 0. The van der Waals surface area contributed by atoms with Gasteiger partial charge in [-0.05, 0) is 38.4 Å². The molecule has 1 aliphatic heterocycles. The molecule has 6 heteroatoms. The molecule has 1 fully saturated rings. The number of carbonyl (C=O) groups excluding carboxylic acids is 1. The number of carbonyl (C=O) groups is 1. The summed E-state index contributed by atoms with van der Waals surface area (Å²) in [5.74, 6) is 0.113. The van der Waals surface area contributed by atoms with Crippen LogP contribution < -0.4 is 5.32 Å². The number of imidazole rings is 1. The smallest absolute Gasteiger partial charge is 0.220 e. The highest BCUT2D eigenvalue weighted by molar-refractivity contribution is 5.76. The highest BCUT2D eigenvalue weighted by Crippen LogP contribution is 2.13. The number of hydrogen-bond acceptors (Lipinski definition) is 4. The van der Waals surface area contributed by atoms with Gasteiger partial charge in [0.15, 0.2) is 0 Å². The van der Waals surface area contributed by atoms with E-state index in [1.165, 1.54) is 0 Å². The number of ether oxygens (including phenoxy) is 1. The summed E-state index contributed by atoms with van der Waals surface area (Å²) in [4.78, 5) is 19.0. The largest absolute Gasteiger partial charge is 0.379 e. The van der Waals surface area contributed by atoms with E-state index in [-0.39, 0.29) is 5.91 Å². The van der Waals surface area contributed by atoms with Gasteiger partial charge in [0.1, 0.15) is 5.65 Å². The minimum atomic E-state index is 0.113. The summed E-state index contributed by atoms with van der Waals surface area (Å²) in [6, 6.07) is 5.96. The maximum absolute atomic E-state index is 12.1. The number of nitrogens with zero attached hydrogens (tertiary/aromatic N) is 3. The molecule has 3 heterocycles. The first-order valence-corrected chi connectivity index (χ1v) is 8.73. The average Bonchev–Trinajstić information content (AvgIpc) is 2.93. The molecule has 2 aromatic heterocycles. The number of hydrogen-bond donors (Lipinski definition) is 1. The first kappa shape index (κ1) is 16.9. The maximum Gasteiger partial charge on any atom is 0.220 e. The minimum Gasteiger partial charge on any atom is -0.379 e. The van der Waals surface area contributed by atoms with Crippen molar-refractivity contribution >= 4 is 11.6 Å². The van der Waals surface area contributed by atoms with E-state index >= 15 is 0 Å². The zero-order chi connectivity index (χ0) is 16.8. The van der Waals surface area contributed by atoms with Gasteiger partial charge in [0.2, 0.25) is 5.91 Å². The highest BCUT2D eigenvalue weighted by atomic mass is 16.5. The van der Waals surface area contributed by atoms with Crippen LogP contribution in [0.15, 0.2) is 24.4 Å². The summed E-state index contributed by atoms with van der Waals surface area (Å²) in [5, 5.41) is 3.03. The van der Waals surface area contributed by atoms with Crippen LogP contribution in [0.5, 0.6) is 0 Å². The van der Waals surface area contributed by atoms with Crippen molar-refractivity contribution in [3.8, 4) is 0 Å². The molecule has 2 aromatic rings. The van der Waals surface area contributed by atoms with Crippen LogP contribution in [-0.4, -0.2) is 59.6 Å². The molecule has 0 saturated carbocycles. The van der Waals surface area contributed by atoms with Crippen molar-refractivity contribution in [1.29, 1.82) is 0 Å². The molecule has 0 atom stereocenters. The predicted octanol–water partition coefficient (Wildman–Crippen LogP) is 1.41. The van der Waals surface area contributed by atoms with Crippen molar-refractivity contribution < 1.29 is 9.53 Å². The second kappa shape index (κ2) is 8.26. The lowest BCUT2D eigenvalue weighted by molar-refractivity contribution is -0.121. The predicted molar refractivity (Wildman–Crippen MR) is 93.1 cm³/mol. The Balaban J connectivity index is 1.39. The lowest BCUT2D eigenvalue weighted by Crippen LogP contribution is -2.38. The quantitative estimate of drug-likeness (QED) is 0.780. The lowest BCUT2D eigenvalue weighted by Gasteiger charge is -2.26. The standard InChI is InChI=1S/C18H26N4O2/c1-15-16(22-10-3-2-5-17(22)20-15)6-7-18(23)19-8-4-9-21-11-13-24-14-12-21/h2-3,5,10H,4,6-9,11-14H2,1H3,(H,19,23). The van der Waals surface area contributed by atoms with E-state index in [1.54, 1.807) is 0 Å². The zero-order valence-electron chi connectivity index (χ0n) is 14.3. The first-order chi connectivity index (χ1) is 11.7. The van der Waals surface area contributed by atoms with Crippen molar-refractivity contribution in [1.82, 2.24) is 19.6 Å². The number of nitrogens with one attached hydrogen (secondary N) is 1. The van der Waals surface area contributed by atoms with Gasteiger partial charge in [-0.3, -0.25) is 9.69 Å². The molecule has 1 N–H and O–H groups in total. The second-order valence-corrected chi connectivity index (χ2v) is 6.23. The number of pyridine rings is 1. The normalized spacial score (nSPS) is 15.7. The van der Waals surface area contributed by atoms with Gasteiger partial charge in [-0.1, -0.05) is 6.07 Å². The third-order valence-corrected chi connectivity index (χ3v) is 4.49. The molecule has 0 spiro atoms. The number of fused-ring (bicyclic) bond motifs is 1. The fraction of sp³-hybridized carbons (Fsp3) is 0.556. The topological polar surface area (TPSA) is 58.9 Å². The molecule has 6 nitrogen and oxygen atoms in total. The Morgan fingerprint density at radius 3 is 3.00 bits per heavy atom. The first-order valence-electron chi connectivity index (χ1n) is 8.73. The van der Waals surface area contributed by atoms with E-state index in [1.807, 2.05) is 31.3 Å². The summed E-state index contributed by atoms with van der Waals surface area (Å²) in [6.07, 6.45) is 4.21. The molecule has 24 heavy (non-hydrogen) atoms. The van der Waals surface area contributed by atoms with Crippen LogP contribution in [0.25, 0.3) is 5.65 Å². The molecular weight excluding hydrogens is 304 g/mol. The van der Waals surface area contributed by atoms with Crippen molar-refractivity contribution in [2.24, 2.45) is 0 Å². The SMILES string of the molecule is Cc1nc2ccccn2c1CCC(=O)NCCCN1CCOCC1. The van der Waals surface area contributed by atoms with E-state index in [0.29, 0.717) is 12.8 Å². The monoisotopic (exact) mass is 330 g/mol. The molecule has 1 saturated heterocycles. The van der Waals surface area contributed by atoms with Gasteiger partial charge in [-0.15, -0.1) is 0 Å². The van der Waals surface area contributed by atoms with E-state index in [2.05, 4.69) is 19.6 Å². The third-order valence-electron chi connectivity index (χ3n) is 4.49. The number of aromatic nitrogens is 2. The number of aryl methyl sites for hydroxylation is 2. The van der Waals surface area contributed by atoms with Crippen molar-refractivity contribution in [3.05, 3.63) is 35.8 Å². The second-order valence-electron chi connectivity index (χ2n) is 6.23. The van der Waals surface area contributed by atoms with Gasteiger partial charge in [-0.25, -0.2) is 4.98 Å². The summed E-state index contributed by atoms with van der Waals surface area (Å²) in [5.41, 5.74) is 3.06. The maximum atomic E-state index is 12.1. The Morgan fingerprint density at radius 1 is 1.33 bits per heavy atom. The lowest BCUT2D eigenvalue weighted by atomic mass is 10.2. The van der Waals surface area contributed by atoms with Gasteiger partial charge in [0, 0.05) is 37.9 Å². The third kappa shape index (κ3) is 4.33. The van der Waals surface area contributed by atoms with Crippen LogP contribution in [0.3, 0.4) is 0 Å². The molecular formula is C18H26N4O2. The molecule has 0 aliphatic carbocycles. The van der Waals surface area contributed by atoms with Crippen LogP contribution in [0, 0.1) is 6.92 Å². The Kier molecular flexibility index (Phi) is 5.82. The van der Waals surface area contributed by atoms with Crippen LogP contribution in [0.1, 0.15) is 24.2 Å². The fourth-order valence-electron chi connectivity index (χ4n) is 3.14. The van der Waals surface area contributed by atoms with Gasteiger partial charge < -0.3 is 14.5 Å². The molecule has 1 amide bonds. The van der Waals surface area contributed by atoms with Crippen LogP contribution in [0.2, 0.25) is 0 Å². The molecule has 0 aromatic carbocycles.